The van der Waals surface area contributed by atoms with E-state index in [4.69, 9.17) is 9.47 Å². The number of anilines is 1. The maximum atomic E-state index is 15.2. The van der Waals surface area contributed by atoms with Crippen molar-refractivity contribution >= 4 is 33.0 Å². The highest BCUT2D eigenvalue weighted by molar-refractivity contribution is 7.93. The Hall–Kier alpha value is -4.83. The van der Waals surface area contributed by atoms with Gasteiger partial charge in [-0.05, 0) is 29.8 Å². The molecule has 0 spiro atoms. The van der Waals surface area contributed by atoms with Gasteiger partial charge in [0, 0.05) is 31.7 Å². The second-order valence-electron chi connectivity index (χ2n) is 9.71. The van der Waals surface area contributed by atoms with Gasteiger partial charge in [-0.25, -0.2) is 17.3 Å². The van der Waals surface area contributed by atoms with Crippen LogP contribution in [-0.2, 0) is 19.6 Å². The van der Waals surface area contributed by atoms with Crippen LogP contribution in [-0.4, -0.2) is 82.8 Å². The number of hydrogen-bond donors (Lipinski definition) is 1. The number of methoxy groups -OCH3 is 1. The molecule has 6 rings (SSSR count). The minimum atomic E-state index is -4.67. The van der Waals surface area contributed by atoms with E-state index >= 15 is 4.39 Å². The van der Waals surface area contributed by atoms with Crippen molar-refractivity contribution in [2.75, 3.05) is 31.1 Å². The number of aromatic nitrogens is 3. The molecule has 1 saturated heterocycles. The molecule has 4 bridgehead atoms. The summed E-state index contributed by atoms with van der Waals surface area (Å²) in [6.45, 7) is -0.674. The molecule has 1 N–H and O–H groups in total. The summed E-state index contributed by atoms with van der Waals surface area (Å²) < 4.78 is 56.6. The molecule has 0 unspecified atom stereocenters. The fourth-order valence-corrected chi connectivity index (χ4v) is 6.86. The Morgan fingerprint density at radius 2 is 2.00 bits per heavy atom. The number of para-hydroxylation sites is 1. The van der Waals surface area contributed by atoms with Gasteiger partial charge in [-0.15, -0.1) is 0 Å². The summed E-state index contributed by atoms with van der Waals surface area (Å²) in [5.74, 6) is -1.68. The maximum Gasteiger partial charge on any atom is 0.289 e. The fraction of sp³-hybridized carbons (Fsp3) is 0.269. The molecule has 0 saturated carbocycles. The van der Waals surface area contributed by atoms with Crippen LogP contribution in [0.5, 0.6) is 11.6 Å². The highest BCUT2D eigenvalue weighted by Crippen LogP contribution is 2.36. The summed E-state index contributed by atoms with van der Waals surface area (Å²) in [6.07, 6.45) is 2.00. The van der Waals surface area contributed by atoms with Gasteiger partial charge in [-0.2, -0.15) is 10.1 Å². The van der Waals surface area contributed by atoms with E-state index in [1.807, 2.05) is 0 Å². The van der Waals surface area contributed by atoms with Gasteiger partial charge in [0.2, 0.25) is 0 Å². The number of sulfonamides is 1. The number of aromatic hydroxyl groups is 1. The zero-order valence-corrected chi connectivity index (χ0v) is 22.8. The van der Waals surface area contributed by atoms with E-state index < -0.39 is 49.4 Å². The number of nitrogens with zero attached hydrogens (tertiary/aromatic N) is 6. The van der Waals surface area contributed by atoms with E-state index in [1.165, 1.54) is 47.1 Å². The highest BCUT2D eigenvalue weighted by Gasteiger charge is 2.41. The quantitative estimate of drug-likeness (QED) is 0.272. The molecule has 42 heavy (non-hydrogen) atoms. The number of halogens is 1. The molecular weight excluding hydrogens is 575 g/mol. The molecule has 0 radical (unpaired) electrons. The van der Waals surface area contributed by atoms with Gasteiger partial charge in [0.25, 0.3) is 27.5 Å². The highest BCUT2D eigenvalue weighted by atomic mass is 32.2. The van der Waals surface area contributed by atoms with Crippen LogP contribution in [0.25, 0.3) is 16.8 Å². The van der Waals surface area contributed by atoms with Crippen molar-refractivity contribution in [1.82, 2.24) is 19.5 Å². The molecule has 2 aliphatic heterocycles. The van der Waals surface area contributed by atoms with Gasteiger partial charge in [0.05, 0.1) is 35.6 Å². The van der Waals surface area contributed by atoms with Crippen molar-refractivity contribution in [3.63, 3.8) is 0 Å². The monoisotopic (exact) mass is 598 g/mol. The van der Waals surface area contributed by atoms with Crippen molar-refractivity contribution in [2.45, 2.75) is 23.5 Å². The van der Waals surface area contributed by atoms with Crippen molar-refractivity contribution in [1.29, 1.82) is 0 Å². The lowest BCUT2D eigenvalue weighted by molar-refractivity contribution is -0.387. The summed E-state index contributed by atoms with van der Waals surface area (Å²) >= 11 is 0. The molecular formula is C26H23FN6O8S. The molecule has 218 valence electrons. The van der Waals surface area contributed by atoms with Gasteiger partial charge in [-0.3, -0.25) is 19.2 Å². The third-order valence-electron chi connectivity index (χ3n) is 7.28. The molecule has 2 atom stereocenters. The number of carbonyl (C=O) groups excluding carboxylic acids is 1. The van der Waals surface area contributed by atoms with Gasteiger partial charge in [0.1, 0.15) is 18.5 Å². The molecule has 16 heteroatoms. The average Bonchev–Trinajstić information content (AvgIpc) is 3.50. The first-order valence-corrected chi connectivity index (χ1v) is 14.1. The van der Waals surface area contributed by atoms with E-state index in [1.54, 1.807) is 0 Å². The number of benzene rings is 2. The van der Waals surface area contributed by atoms with Crippen molar-refractivity contribution < 1.29 is 37.1 Å². The van der Waals surface area contributed by atoms with Gasteiger partial charge < -0.3 is 19.5 Å². The standard InChI is InChI=1S/C26H23FN6O8S/c1-40-22-11-18-14-41-25-21(34)13-31-24(29-25)19(12-28-31)15-8-16(27)10-17(9-15)32(7-6-30(18)26(22)35)42(38,39)23-5-3-2-4-20(23)33(36)37/h2-5,8-10,12-13,18,22,34H,6-7,11,14H2,1H3/t18-,22+/m0/s1. The SMILES string of the molecule is CO[C@@H]1C[C@H]2COc3nc4c(cnn4cc3O)-c3cc(F)cc(c3)N(S(=O)(=O)c3ccccc3[N+](=O)[O-])CCN2C1=O. The van der Waals surface area contributed by atoms with Crippen LogP contribution in [0.1, 0.15) is 6.42 Å². The Labute approximate surface area is 237 Å². The lowest BCUT2D eigenvalue weighted by Gasteiger charge is -2.30. The number of nitro groups is 1. The zero-order valence-electron chi connectivity index (χ0n) is 22.0. The first kappa shape index (κ1) is 27.3. The third kappa shape index (κ3) is 4.53. The van der Waals surface area contributed by atoms with Gasteiger partial charge in [0.15, 0.2) is 16.3 Å². The molecule has 0 aliphatic carbocycles. The Balaban J connectivity index is 1.57. The predicted molar refractivity (Wildman–Crippen MR) is 144 cm³/mol. The number of hydrogen-bond acceptors (Lipinski definition) is 10. The van der Waals surface area contributed by atoms with Crippen LogP contribution >= 0.6 is 0 Å². The summed E-state index contributed by atoms with van der Waals surface area (Å²) in [6, 6.07) is 7.76. The van der Waals surface area contributed by atoms with Crippen LogP contribution in [0.3, 0.4) is 0 Å². The summed E-state index contributed by atoms with van der Waals surface area (Å²) in [4.78, 5) is 29.3. The van der Waals surface area contributed by atoms with Crippen LogP contribution in [0, 0.1) is 15.9 Å². The number of rotatable bonds is 4. The van der Waals surface area contributed by atoms with E-state index in [9.17, 15) is 28.4 Å². The van der Waals surface area contributed by atoms with Crippen LogP contribution in [0.15, 0.2) is 59.8 Å². The lowest BCUT2D eigenvalue weighted by Crippen LogP contribution is -2.44. The molecule has 1 fully saturated rings. The number of nitro benzene ring substituents is 1. The second-order valence-corrected chi connectivity index (χ2v) is 11.5. The van der Waals surface area contributed by atoms with Crippen LogP contribution < -0.4 is 9.04 Å². The average molecular weight is 599 g/mol. The smallest absolute Gasteiger partial charge is 0.289 e. The molecule has 2 aromatic heterocycles. The van der Waals surface area contributed by atoms with E-state index in [0.29, 0.717) is 5.56 Å². The molecule has 14 nitrogen and oxygen atoms in total. The predicted octanol–water partition coefficient (Wildman–Crippen LogP) is 2.35. The van der Waals surface area contributed by atoms with Crippen molar-refractivity contribution in [2.24, 2.45) is 0 Å². The minimum absolute atomic E-state index is 0.108. The maximum absolute atomic E-state index is 15.2. The number of carbonyl (C=O) groups is 1. The molecule has 4 aromatic rings. The molecule has 2 aromatic carbocycles. The number of fused-ring (bicyclic) bond motifs is 5. The summed E-state index contributed by atoms with van der Waals surface area (Å²) in [7, 11) is -3.30. The Bertz CT molecular complexity index is 1850. The Kier molecular flexibility index (Phi) is 6.65. The summed E-state index contributed by atoms with van der Waals surface area (Å²) in [5, 5.41) is 26.4. The summed E-state index contributed by atoms with van der Waals surface area (Å²) in [5.41, 5.74) is -0.119. The molecule has 1 amide bonds. The first-order chi connectivity index (χ1) is 20.1. The zero-order chi connectivity index (χ0) is 29.8. The van der Waals surface area contributed by atoms with Crippen molar-refractivity contribution in [3.8, 4) is 22.8 Å². The van der Waals surface area contributed by atoms with Crippen LogP contribution in [0.4, 0.5) is 15.8 Å². The molecule has 2 aliphatic rings. The normalized spacial score (nSPS) is 19.0. The third-order valence-corrected chi connectivity index (χ3v) is 9.15. The Morgan fingerprint density at radius 3 is 2.76 bits per heavy atom. The second kappa shape index (κ2) is 10.2. The first-order valence-electron chi connectivity index (χ1n) is 12.7. The van der Waals surface area contributed by atoms with Crippen LogP contribution in [0.2, 0.25) is 0 Å². The van der Waals surface area contributed by atoms with Gasteiger partial charge in [-0.1, -0.05) is 12.1 Å². The topological polar surface area (TPSA) is 170 Å². The lowest BCUT2D eigenvalue weighted by atomic mass is 10.1. The van der Waals surface area contributed by atoms with Gasteiger partial charge >= 0.3 is 0 Å². The number of amides is 1. The van der Waals surface area contributed by atoms with E-state index in [0.717, 1.165) is 28.6 Å². The Morgan fingerprint density at radius 1 is 1.21 bits per heavy atom. The van der Waals surface area contributed by atoms with E-state index in [2.05, 4.69) is 10.1 Å². The van der Waals surface area contributed by atoms with E-state index in [-0.39, 0.29) is 54.6 Å². The molecule has 4 heterocycles. The largest absolute Gasteiger partial charge is 0.502 e. The fourth-order valence-electron chi connectivity index (χ4n) is 5.26. The number of ether oxygens (including phenoxy) is 2. The minimum Gasteiger partial charge on any atom is -0.502 e. The van der Waals surface area contributed by atoms with Crippen molar-refractivity contribution in [3.05, 3.63) is 70.8 Å².